The lowest BCUT2D eigenvalue weighted by molar-refractivity contribution is 0.227. The molecule has 1 N–H and O–H groups in total. The van der Waals surface area contributed by atoms with Crippen molar-refractivity contribution < 1.29 is 23.1 Å². The summed E-state index contributed by atoms with van der Waals surface area (Å²) in [5, 5.41) is 17.9. The number of furan rings is 1. The zero-order valence-corrected chi connectivity index (χ0v) is 11.7. The summed E-state index contributed by atoms with van der Waals surface area (Å²) in [5.74, 6) is 0.659. The van der Waals surface area contributed by atoms with Crippen molar-refractivity contribution in [2.75, 3.05) is 13.2 Å². The number of aliphatic hydroxyl groups is 1. The molecule has 0 unspecified atom stereocenters. The monoisotopic (exact) mass is 285 g/mol. The molecule has 0 aliphatic heterocycles. The van der Waals surface area contributed by atoms with Crippen molar-refractivity contribution in [2.45, 2.75) is 20.5 Å². The molecule has 1 aromatic rings. The summed E-state index contributed by atoms with van der Waals surface area (Å²) in [4.78, 5) is 0. The van der Waals surface area contributed by atoms with Gasteiger partial charge in [0.05, 0.1) is 13.2 Å². The first-order valence-electron chi connectivity index (χ1n) is 5.80. The molecule has 0 saturated heterocycles. The van der Waals surface area contributed by atoms with E-state index in [0.29, 0.717) is 11.5 Å². The van der Waals surface area contributed by atoms with Crippen LogP contribution in [0.15, 0.2) is 21.9 Å². The number of nitrogens with zero attached hydrogens (tertiary/aromatic N) is 1. The standard InChI is InChI=1S/C12H16NO5P/c1-3-16-19(15,17-4-2)12(8-13)7-10-5-6-11(9-14)18-10/h5-7,14H,3-4,9H2,1-2H3/b12-7+. The molecular formula is C12H16NO5P. The van der Waals surface area contributed by atoms with Crippen molar-refractivity contribution in [1.82, 2.24) is 0 Å². The summed E-state index contributed by atoms with van der Waals surface area (Å²) in [6.07, 6.45) is 1.30. The maximum absolute atomic E-state index is 12.4. The summed E-state index contributed by atoms with van der Waals surface area (Å²) >= 11 is 0. The molecule has 1 heterocycles. The molecule has 0 spiro atoms. The zero-order chi connectivity index (χ0) is 14.3. The summed E-state index contributed by atoms with van der Waals surface area (Å²) in [6, 6.07) is 4.94. The molecule has 104 valence electrons. The Balaban J connectivity index is 3.10. The van der Waals surface area contributed by atoms with E-state index in [-0.39, 0.29) is 25.1 Å². The first-order valence-corrected chi connectivity index (χ1v) is 7.35. The predicted octanol–water partition coefficient (Wildman–Crippen LogP) is 2.90. The lowest BCUT2D eigenvalue weighted by atomic mass is 10.4. The molecular weight excluding hydrogens is 269 g/mol. The number of rotatable bonds is 7. The van der Waals surface area contributed by atoms with Crippen LogP contribution in [0.25, 0.3) is 6.08 Å². The highest BCUT2D eigenvalue weighted by atomic mass is 31.2. The van der Waals surface area contributed by atoms with Gasteiger partial charge < -0.3 is 18.6 Å². The van der Waals surface area contributed by atoms with E-state index in [1.807, 2.05) is 6.07 Å². The van der Waals surface area contributed by atoms with Crippen LogP contribution in [0.3, 0.4) is 0 Å². The summed E-state index contributed by atoms with van der Waals surface area (Å²) in [7, 11) is -3.62. The number of hydrogen-bond donors (Lipinski definition) is 1. The van der Waals surface area contributed by atoms with Crippen LogP contribution in [-0.2, 0) is 20.2 Å². The minimum Gasteiger partial charge on any atom is -0.459 e. The molecule has 0 saturated carbocycles. The lowest BCUT2D eigenvalue weighted by Crippen LogP contribution is -1.97. The largest absolute Gasteiger partial charge is 0.459 e. The molecule has 7 heteroatoms. The fourth-order valence-electron chi connectivity index (χ4n) is 1.38. The molecule has 1 rings (SSSR count). The normalized spacial score (nSPS) is 12.4. The van der Waals surface area contributed by atoms with Gasteiger partial charge >= 0.3 is 7.60 Å². The van der Waals surface area contributed by atoms with E-state index in [0.717, 1.165) is 0 Å². The Morgan fingerprint density at radius 3 is 2.53 bits per heavy atom. The summed E-state index contributed by atoms with van der Waals surface area (Å²) < 4.78 is 27.8. The van der Waals surface area contributed by atoms with Crippen molar-refractivity contribution in [3.63, 3.8) is 0 Å². The first-order chi connectivity index (χ1) is 9.09. The molecule has 0 aliphatic carbocycles. The van der Waals surface area contributed by atoms with E-state index in [1.165, 1.54) is 6.08 Å². The third-order valence-electron chi connectivity index (χ3n) is 2.12. The van der Waals surface area contributed by atoms with Gasteiger partial charge in [-0.05, 0) is 26.0 Å². The van der Waals surface area contributed by atoms with Gasteiger partial charge in [0, 0.05) is 6.08 Å². The Kier molecular flexibility index (Phi) is 6.00. The van der Waals surface area contributed by atoms with Crippen LogP contribution in [0.2, 0.25) is 0 Å². The second-order valence-corrected chi connectivity index (χ2v) is 5.43. The fourth-order valence-corrected chi connectivity index (χ4v) is 2.82. The highest BCUT2D eigenvalue weighted by Crippen LogP contribution is 2.56. The van der Waals surface area contributed by atoms with Gasteiger partial charge in [-0.3, -0.25) is 4.57 Å². The smallest absolute Gasteiger partial charge is 0.371 e. The van der Waals surface area contributed by atoms with Gasteiger partial charge in [-0.1, -0.05) is 0 Å². The SMILES string of the molecule is CCOP(=O)(OCC)/C(C#N)=C/c1ccc(CO)o1. The third kappa shape index (κ3) is 4.05. The van der Waals surface area contributed by atoms with Gasteiger partial charge in [0.25, 0.3) is 0 Å². The summed E-state index contributed by atoms with van der Waals surface area (Å²) in [5.41, 5.74) is 0. The van der Waals surface area contributed by atoms with Gasteiger partial charge in [0.2, 0.25) is 0 Å². The van der Waals surface area contributed by atoms with Gasteiger partial charge in [-0.25, -0.2) is 0 Å². The molecule has 0 aliphatic rings. The second kappa shape index (κ2) is 7.27. The molecule has 0 amide bonds. The van der Waals surface area contributed by atoms with Gasteiger partial charge in [0.15, 0.2) is 0 Å². The quantitative estimate of drug-likeness (QED) is 0.611. The van der Waals surface area contributed by atoms with E-state index in [1.54, 1.807) is 26.0 Å². The second-order valence-electron chi connectivity index (χ2n) is 3.44. The first kappa shape index (κ1) is 15.7. The highest BCUT2D eigenvalue weighted by molar-refractivity contribution is 7.59. The van der Waals surface area contributed by atoms with Crippen LogP contribution < -0.4 is 0 Å². The van der Waals surface area contributed by atoms with Crippen molar-refractivity contribution >= 4 is 13.7 Å². The Morgan fingerprint density at radius 2 is 2.11 bits per heavy atom. The summed E-state index contributed by atoms with van der Waals surface area (Å²) in [6.45, 7) is 3.41. The molecule has 6 nitrogen and oxygen atoms in total. The highest BCUT2D eigenvalue weighted by Gasteiger charge is 2.30. The van der Waals surface area contributed by atoms with Crippen LogP contribution >= 0.6 is 7.60 Å². The molecule has 0 radical (unpaired) electrons. The molecule has 1 aromatic heterocycles. The molecule has 19 heavy (non-hydrogen) atoms. The van der Waals surface area contributed by atoms with Crippen LogP contribution in [0.1, 0.15) is 25.4 Å². The lowest BCUT2D eigenvalue weighted by Gasteiger charge is -2.15. The topological polar surface area (TPSA) is 92.7 Å². The van der Waals surface area contributed by atoms with E-state index in [4.69, 9.17) is 23.8 Å². The number of allylic oxidation sites excluding steroid dienone is 1. The average molecular weight is 285 g/mol. The van der Waals surface area contributed by atoms with E-state index < -0.39 is 7.60 Å². The maximum Gasteiger partial charge on any atom is 0.371 e. The Bertz CT molecular complexity index is 518. The minimum absolute atomic E-state index is 0.130. The van der Waals surface area contributed by atoms with Crippen LogP contribution in [0, 0.1) is 11.3 Å². The molecule has 0 bridgehead atoms. The van der Waals surface area contributed by atoms with Crippen molar-refractivity contribution in [1.29, 1.82) is 5.26 Å². The minimum atomic E-state index is -3.62. The Morgan fingerprint density at radius 1 is 1.47 bits per heavy atom. The van der Waals surface area contributed by atoms with E-state index >= 15 is 0 Å². The van der Waals surface area contributed by atoms with Crippen LogP contribution in [-0.4, -0.2) is 18.3 Å². The predicted molar refractivity (Wildman–Crippen MR) is 69.1 cm³/mol. The van der Waals surface area contributed by atoms with Crippen LogP contribution in [0.4, 0.5) is 0 Å². The van der Waals surface area contributed by atoms with Crippen molar-refractivity contribution in [3.8, 4) is 6.07 Å². The van der Waals surface area contributed by atoms with Crippen LogP contribution in [0.5, 0.6) is 0 Å². The fraction of sp³-hybridized carbons (Fsp3) is 0.417. The zero-order valence-electron chi connectivity index (χ0n) is 10.8. The number of nitriles is 1. The molecule has 0 aromatic carbocycles. The van der Waals surface area contributed by atoms with Gasteiger partial charge in [-0.15, -0.1) is 0 Å². The van der Waals surface area contributed by atoms with Crippen molar-refractivity contribution in [3.05, 3.63) is 29.0 Å². The van der Waals surface area contributed by atoms with Crippen molar-refractivity contribution in [2.24, 2.45) is 0 Å². The molecule has 0 fully saturated rings. The van der Waals surface area contributed by atoms with Gasteiger partial charge in [0.1, 0.15) is 29.5 Å². The van der Waals surface area contributed by atoms with Gasteiger partial charge in [-0.2, -0.15) is 5.26 Å². The average Bonchev–Trinajstić information content (AvgIpc) is 2.84. The Hall–Kier alpha value is -1.38. The number of hydrogen-bond acceptors (Lipinski definition) is 6. The number of aliphatic hydroxyl groups excluding tert-OH is 1. The maximum atomic E-state index is 12.4. The Labute approximate surface area is 111 Å². The third-order valence-corrected chi connectivity index (χ3v) is 4.14. The van der Waals surface area contributed by atoms with E-state index in [2.05, 4.69) is 0 Å². The van der Waals surface area contributed by atoms with E-state index in [9.17, 15) is 4.57 Å². The molecule has 0 atom stereocenters.